The van der Waals surface area contributed by atoms with E-state index in [2.05, 4.69) is 49.4 Å². The minimum absolute atomic E-state index is 0.664. The van der Waals surface area contributed by atoms with Gasteiger partial charge in [0.05, 0.1) is 11.6 Å². The summed E-state index contributed by atoms with van der Waals surface area (Å²) in [5, 5.41) is 8.94. The van der Waals surface area contributed by atoms with Gasteiger partial charge in [0.2, 0.25) is 0 Å². The number of hydrogen-bond donors (Lipinski definition) is 0. The van der Waals surface area contributed by atoms with Gasteiger partial charge in [-0.2, -0.15) is 5.26 Å². The quantitative estimate of drug-likeness (QED) is 0.490. The van der Waals surface area contributed by atoms with Crippen molar-refractivity contribution in [2.75, 3.05) is 0 Å². The molecule has 1 fully saturated rings. The highest BCUT2D eigenvalue weighted by Gasteiger charge is 2.23. The smallest absolute Gasteiger partial charge is 0.0991 e. The number of aryl methyl sites for hydroxylation is 1. The Kier molecular flexibility index (Phi) is 6.89. The summed E-state index contributed by atoms with van der Waals surface area (Å²) in [5.74, 6) is 1.38. The molecule has 2 aromatic carbocycles. The predicted octanol–water partition coefficient (Wildman–Crippen LogP) is 7.12. The van der Waals surface area contributed by atoms with Crippen molar-refractivity contribution < 1.29 is 0 Å². The van der Waals surface area contributed by atoms with Crippen LogP contribution in [-0.2, 0) is 6.42 Å². The van der Waals surface area contributed by atoms with Crippen LogP contribution < -0.4 is 0 Å². The summed E-state index contributed by atoms with van der Waals surface area (Å²) >= 11 is 0. The van der Waals surface area contributed by atoms with Crippen molar-refractivity contribution in [3.8, 4) is 6.07 Å². The van der Waals surface area contributed by atoms with Gasteiger partial charge in [-0.15, -0.1) is 0 Å². The fraction of sp³-hybridized carbons (Fsp3) is 0.480. The van der Waals surface area contributed by atoms with Gasteiger partial charge in [-0.1, -0.05) is 62.6 Å². The molecule has 0 bridgehead atoms. The summed E-state index contributed by atoms with van der Waals surface area (Å²) in [7, 11) is 0. The number of nitrogens with zero attached hydrogens (tertiary/aromatic N) is 1. The maximum absolute atomic E-state index is 8.94. The molecular formula is C25H31N. The van der Waals surface area contributed by atoms with Crippen LogP contribution >= 0.6 is 0 Å². The van der Waals surface area contributed by atoms with Crippen molar-refractivity contribution in [1.82, 2.24) is 0 Å². The molecule has 1 heteroatoms. The third kappa shape index (κ3) is 4.98. The minimum atomic E-state index is 0.664. The Balaban J connectivity index is 1.50. The monoisotopic (exact) mass is 345 g/mol. The average Bonchev–Trinajstić information content (AvgIpc) is 2.72. The highest BCUT2D eigenvalue weighted by molar-refractivity contribution is 5.33. The molecule has 1 nitrogen and oxygen atoms in total. The third-order valence-corrected chi connectivity index (χ3v) is 6.01. The molecule has 0 aliphatic heterocycles. The van der Waals surface area contributed by atoms with Gasteiger partial charge in [0.1, 0.15) is 0 Å². The molecule has 1 aliphatic carbocycles. The molecule has 0 unspecified atom stereocenters. The van der Waals surface area contributed by atoms with E-state index < -0.39 is 0 Å². The highest BCUT2D eigenvalue weighted by atomic mass is 14.3. The standard InChI is InChI=1S/C25H31N/c1-2-3-4-5-6-20-7-11-22(12-8-20)24-15-17-25(18-16-24)23-13-9-21(19-26)10-14-23/h7-14,24-25H,2-6,15-18H2,1H3. The topological polar surface area (TPSA) is 23.8 Å². The number of hydrogen-bond acceptors (Lipinski definition) is 1. The van der Waals surface area contributed by atoms with Gasteiger partial charge < -0.3 is 0 Å². The van der Waals surface area contributed by atoms with Crippen molar-refractivity contribution >= 4 is 0 Å². The molecule has 0 N–H and O–H groups in total. The number of benzene rings is 2. The lowest BCUT2D eigenvalue weighted by molar-refractivity contribution is 0.396. The SMILES string of the molecule is CCCCCCc1ccc(C2CCC(c3ccc(C#N)cc3)CC2)cc1. The molecule has 0 spiro atoms. The summed E-state index contributed by atoms with van der Waals surface area (Å²) in [6, 6.07) is 19.9. The third-order valence-electron chi connectivity index (χ3n) is 6.01. The second kappa shape index (κ2) is 9.58. The lowest BCUT2D eigenvalue weighted by atomic mass is 9.76. The molecular weight excluding hydrogens is 314 g/mol. The molecule has 0 radical (unpaired) electrons. The minimum Gasteiger partial charge on any atom is -0.192 e. The van der Waals surface area contributed by atoms with Gasteiger partial charge in [0.15, 0.2) is 0 Å². The largest absolute Gasteiger partial charge is 0.192 e. The molecule has 0 amide bonds. The summed E-state index contributed by atoms with van der Waals surface area (Å²) in [4.78, 5) is 0. The van der Waals surface area contributed by atoms with E-state index in [1.807, 2.05) is 12.1 Å². The molecule has 1 saturated carbocycles. The first kappa shape index (κ1) is 18.7. The number of rotatable bonds is 7. The van der Waals surface area contributed by atoms with Gasteiger partial charge in [0, 0.05) is 0 Å². The van der Waals surface area contributed by atoms with Crippen LogP contribution in [0.4, 0.5) is 0 Å². The molecule has 2 aromatic rings. The van der Waals surface area contributed by atoms with E-state index in [0.717, 1.165) is 11.5 Å². The van der Waals surface area contributed by atoms with Gasteiger partial charge >= 0.3 is 0 Å². The van der Waals surface area contributed by atoms with Crippen LogP contribution in [0.3, 0.4) is 0 Å². The summed E-state index contributed by atoms with van der Waals surface area (Å²) < 4.78 is 0. The average molecular weight is 346 g/mol. The summed E-state index contributed by atoms with van der Waals surface area (Å²) in [5.41, 5.74) is 5.19. The van der Waals surface area contributed by atoms with Crippen LogP contribution in [-0.4, -0.2) is 0 Å². The lowest BCUT2D eigenvalue weighted by Crippen LogP contribution is -2.12. The van der Waals surface area contributed by atoms with E-state index in [0.29, 0.717) is 5.92 Å². The predicted molar refractivity (Wildman–Crippen MR) is 109 cm³/mol. The van der Waals surface area contributed by atoms with Gasteiger partial charge in [-0.25, -0.2) is 0 Å². The van der Waals surface area contributed by atoms with Crippen LogP contribution in [0.5, 0.6) is 0 Å². The molecule has 0 heterocycles. The first-order valence-corrected chi connectivity index (χ1v) is 10.4. The van der Waals surface area contributed by atoms with Gasteiger partial charge in [-0.3, -0.25) is 0 Å². The molecule has 0 saturated heterocycles. The zero-order valence-corrected chi connectivity index (χ0v) is 16.1. The van der Waals surface area contributed by atoms with Gasteiger partial charge in [0.25, 0.3) is 0 Å². The van der Waals surface area contributed by atoms with Crippen molar-refractivity contribution in [2.45, 2.75) is 76.5 Å². The van der Waals surface area contributed by atoms with Crippen molar-refractivity contribution in [2.24, 2.45) is 0 Å². The second-order valence-corrected chi connectivity index (χ2v) is 7.83. The Labute approximate surface area is 159 Å². The Morgan fingerprint density at radius 3 is 1.81 bits per heavy atom. The van der Waals surface area contributed by atoms with Crippen molar-refractivity contribution in [3.05, 3.63) is 70.8 Å². The Morgan fingerprint density at radius 1 is 0.769 bits per heavy atom. The van der Waals surface area contributed by atoms with E-state index in [1.54, 1.807) is 0 Å². The second-order valence-electron chi connectivity index (χ2n) is 7.83. The van der Waals surface area contributed by atoms with Crippen molar-refractivity contribution in [1.29, 1.82) is 5.26 Å². The lowest BCUT2D eigenvalue weighted by Gasteiger charge is -2.29. The molecule has 26 heavy (non-hydrogen) atoms. The fourth-order valence-electron chi connectivity index (χ4n) is 4.30. The number of nitriles is 1. The molecule has 1 aliphatic rings. The highest BCUT2D eigenvalue weighted by Crippen LogP contribution is 2.40. The summed E-state index contributed by atoms with van der Waals surface area (Å²) in [6.07, 6.45) is 11.7. The van der Waals surface area contributed by atoms with Gasteiger partial charge in [-0.05, 0) is 79.2 Å². The van der Waals surface area contributed by atoms with E-state index in [4.69, 9.17) is 5.26 Å². The van der Waals surface area contributed by atoms with Crippen LogP contribution in [0.15, 0.2) is 48.5 Å². The fourth-order valence-corrected chi connectivity index (χ4v) is 4.30. The Morgan fingerprint density at radius 2 is 1.31 bits per heavy atom. The Bertz CT molecular complexity index is 697. The number of unbranched alkanes of at least 4 members (excludes halogenated alkanes) is 3. The maximum atomic E-state index is 8.94. The Hall–Kier alpha value is -2.07. The van der Waals surface area contributed by atoms with E-state index in [-0.39, 0.29) is 0 Å². The maximum Gasteiger partial charge on any atom is 0.0991 e. The first-order chi connectivity index (χ1) is 12.8. The first-order valence-electron chi connectivity index (χ1n) is 10.4. The van der Waals surface area contributed by atoms with Crippen LogP contribution in [0.25, 0.3) is 0 Å². The molecule has 3 rings (SSSR count). The molecule has 136 valence electrons. The van der Waals surface area contributed by atoms with E-state index in [9.17, 15) is 0 Å². The summed E-state index contributed by atoms with van der Waals surface area (Å²) in [6.45, 7) is 2.27. The zero-order chi connectivity index (χ0) is 18.2. The van der Waals surface area contributed by atoms with E-state index in [1.165, 1.54) is 74.5 Å². The van der Waals surface area contributed by atoms with Crippen LogP contribution in [0, 0.1) is 11.3 Å². The van der Waals surface area contributed by atoms with Crippen LogP contribution in [0.2, 0.25) is 0 Å². The van der Waals surface area contributed by atoms with Crippen molar-refractivity contribution in [3.63, 3.8) is 0 Å². The zero-order valence-electron chi connectivity index (χ0n) is 16.1. The van der Waals surface area contributed by atoms with E-state index >= 15 is 0 Å². The molecule has 0 aromatic heterocycles. The van der Waals surface area contributed by atoms with Crippen LogP contribution in [0.1, 0.15) is 92.4 Å². The molecule has 0 atom stereocenters. The normalized spacial score (nSPS) is 19.8.